The molecular weight excluding hydrogens is 1560 g/mol. The van der Waals surface area contributed by atoms with Gasteiger partial charge in [0.05, 0.1) is 90.1 Å². The molecule has 125 heavy (non-hydrogen) atoms. The van der Waals surface area contributed by atoms with Gasteiger partial charge in [0, 0.05) is 82.9 Å². The number of aromatic nitrogens is 8. The summed E-state index contributed by atoms with van der Waals surface area (Å²) in [6.07, 6.45) is 0.956. The van der Waals surface area contributed by atoms with Crippen LogP contribution in [0.25, 0.3) is 174 Å². The summed E-state index contributed by atoms with van der Waals surface area (Å²) in [6, 6.07) is 116. The SMILES string of the molecule is Cc1cc(N2C(c3ccccc3)=CC(c3cc(-c4nc(-c5ccccc5)cc(-c5ccccc5)n4)ccc3-n3c4ccc(C(F)(F)F)cc4c4cc(C(F)(F)F)ccc43)=NC2=C2C=CC=CC2)ccc1-c1ccc2c3ccccc3n(-c3ccc(-c4nc(-c5ccccc5)cc(-c5ccccc5)n4)cc3-c3cc(-c4ccccc4)nc(-c4ccccc4)n3)c2c1. The molecule has 6 heterocycles. The highest BCUT2D eigenvalue weighted by atomic mass is 19.4. The molecule has 19 aromatic rings. The van der Waals surface area contributed by atoms with E-state index < -0.39 is 23.5 Å². The second-order valence-corrected chi connectivity index (χ2v) is 31.0. The number of aryl methyl sites for hydroxylation is 1. The number of hydrogen-bond acceptors (Lipinski definition) is 8. The largest absolute Gasteiger partial charge is 0.416 e. The Morgan fingerprint density at radius 3 is 1.18 bits per heavy atom. The molecule has 10 nitrogen and oxygen atoms in total. The third-order valence-corrected chi connectivity index (χ3v) is 23.2. The van der Waals surface area contributed by atoms with Crippen molar-refractivity contribution in [2.75, 3.05) is 4.90 Å². The van der Waals surface area contributed by atoms with Gasteiger partial charge in [0.2, 0.25) is 0 Å². The van der Waals surface area contributed by atoms with Gasteiger partial charge >= 0.3 is 12.4 Å². The van der Waals surface area contributed by atoms with Gasteiger partial charge in [0.1, 0.15) is 5.82 Å². The predicted octanol–water partition coefficient (Wildman–Crippen LogP) is 28.3. The van der Waals surface area contributed by atoms with Crippen LogP contribution in [0.1, 0.15) is 34.2 Å². The highest BCUT2D eigenvalue weighted by molar-refractivity contribution is 6.20. The zero-order valence-electron chi connectivity index (χ0n) is 67.0. The van der Waals surface area contributed by atoms with Crippen LogP contribution in [0.2, 0.25) is 0 Å². The normalized spacial score (nSPS) is 13.6. The average molecular weight is 1630 g/mol. The van der Waals surface area contributed by atoms with Gasteiger partial charge in [-0.2, -0.15) is 26.3 Å². The van der Waals surface area contributed by atoms with Crippen molar-refractivity contribution in [3.05, 3.63) is 434 Å². The van der Waals surface area contributed by atoms with E-state index in [4.69, 9.17) is 34.9 Å². The number of para-hydroxylation sites is 1. The molecule has 0 amide bonds. The Morgan fingerprint density at radius 1 is 0.296 bits per heavy atom. The summed E-state index contributed by atoms with van der Waals surface area (Å²) < 4.78 is 93.6. The number of benzene rings is 14. The van der Waals surface area contributed by atoms with Crippen LogP contribution in [0.4, 0.5) is 32.0 Å². The summed E-state index contributed by atoms with van der Waals surface area (Å²) in [6.45, 7) is 2.12. The molecule has 0 saturated heterocycles. The molecule has 0 radical (unpaired) electrons. The summed E-state index contributed by atoms with van der Waals surface area (Å²) in [4.78, 5) is 40.0. The van der Waals surface area contributed by atoms with Crippen LogP contribution >= 0.6 is 0 Å². The number of nitrogens with zero attached hydrogens (tertiary/aromatic N) is 10. The molecule has 16 heteroatoms. The number of rotatable bonds is 15. The topological polar surface area (TPSA) is 103 Å². The predicted molar refractivity (Wildman–Crippen MR) is 491 cm³/mol. The van der Waals surface area contributed by atoms with E-state index in [-0.39, 0.29) is 21.8 Å². The second kappa shape index (κ2) is 31.5. The van der Waals surface area contributed by atoms with E-state index in [0.717, 1.165) is 153 Å². The molecule has 0 atom stereocenters. The number of allylic oxidation sites excluding steroid dienone is 6. The van der Waals surface area contributed by atoms with Crippen LogP contribution in [-0.4, -0.2) is 44.7 Å². The highest BCUT2D eigenvalue weighted by Gasteiger charge is 2.36. The van der Waals surface area contributed by atoms with Crippen LogP contribution in [0.5, 0.6) is 0 Å². The number of hydrogen-bond donors (Lipinski definition) is 0. The smallest absolute Gasteiger partial charge is 0.309 e. The molecule has 1 aliphatic heterocycles. The minimum Gasteiger partial charge on any atom is -0.309 e. The standard InChI is InChI=1S/C109H70F6N10/c1-68-58-82(51-53-83(68)77-46-52-85-84-44-26-27-45-97(84)125(103(85)61-77)101-55-48-78(105-117-90(69-28-10-2-11-29-69)64-91(118-105)70-30-12-3-13-31-70)59-88(101)95-66-94(73-36-18-6-19-37-73)116-104(121-95)75-40-22-8-23-41-75)123-102(74-38-20-7-21-39-74)67-96(122-107(123)76-42-24-9-25-43-76)89-60-79(106-119-92(71-32-14-4-15-33-71)65-93(120-106)72-34-16-5-17-35-72)47-54-100(89)124-98-56-49-80(108(110,111)112)62-86(98)87-63-81(109(113,114)115)50-57-99(87)124/h2-42,44-67H,43H2,1H3. The summed E-state index contributed by atoms with van der Waals surface area (Å²) in [5, 5.41) is 2.04. The Kier molecular flexibility index (Phi) is 19.2. The van der Waals surface area contributed by atoms with Gasteiger partial charge in [0.15, 0.2) is 17.5 Å². The van der Waals surface area contributed by atoms with E-state index in [2.05, 4.69) is 150 Å². The van der Waals surface area contributed by atoms with Crippen LogP contribution in [-0.2, 0) is 12.4 Å². The van der Waals surface area contributed by atoms with Crippen LogP contribution in [0.15, 0.2) is 411 Å². The Morgan fingerprint density at radius 2 is 0.704 bits per heavy atom. The lowest BCUT2D eigenvalue weighted by atomic mass is 9.95. The van der Waals surface area contributed by atoms with Gasteiger partial charge in [0.25, 0.3) is 0 Å². The molecule has 0 N–H and O–H groups in total. The number of alkyl halides is 6. The Labute approximate surface area is 715 Å². The average Bonchev–Trinajstić information content (AvgIpc) is 1.60. The van der Waals surface area contributed by atoms with Crippen molar-refractivity contribution in [1.82, 2.24) is 39.0 Å². The lowest BCUT2D eigenvalue weighted by molar-refractivity contribution is -0.138. The Balaban J connectivity index is 0.746. The fourth-order valence-corrected chi connectivity index (χ4v) is 17.2. The van der Waals surface area contributed by atoms with Gasteiger partial charge in [-0.1, -0.05) is 273 Å². The van der Waals surface area contributed by atoms with Crippen LogP contribution in [0.3, 0.4) is 0 Å². The maximum atomic E-state index is 14.9. The maximum absolute atomic E-state index is 14.9. The second-order valence-electron chi connectivity index (χ2n) is 31.0. The molecule has 598 valence electrons. The van der Waals surface area contributed by atoms with E-state index >= 15 is 0 Å². The van der Waals surface area contributed by atoms with E-state index in [0.29, 0.717) is 69.3 Å². The van der Waals surface area contributed by atoms with Crippen molar-refractivity contribution in [3.63, 3.8) is 0 Å². The lowest BCUT2D eigenvalue weighted by Gasteiger charge is -2.34. The highest BCUT2D eigenvalue weighted by Crippen LogP contribution is 2.47. The molecule has 0 bridgehead atoms. The van der Waals surface area contributed by atoms with Crippen molar-refractivity contribution in [1.29, 1.82) is 0 Å². The maximum Gasteiger partial charge on any atom is 0.416 e. The number of aliphatic imine (C=N–C) groups is 1. The van der Waals surface area contributed by atoms with Crippen LogP contribution < -0.4 is 4.90 Å². The third-order valence-electron chi connectivity index (χ3n) is 23.2. The third kappa shape index (κ3) is 14.5. The monoisotopic (exact) mass is 1630 g/mol. The number of halogens is 6. The molecule has 0 unspecified atom stereocenters. The Bertz CT molecular complexity index is 7390. The van der Waals surface area contributed by atoms with Crippen molar-refractivity contribution < 1.29 is 26.3 Å². The minimum atomic E-state index is -4.82. The number of fused-ring (bicyclic) bond motifs is 6. The molecule has 2 aliphatic rings. The lowest BCUT2D eigenvalue weighted by Crippen LogP contribution is -2.27. The zero-order chi connectivity index (χ0) is 84.4. The molecule has 21 rings (SSSR count). The van der Waals surface area contributed by atoms with E-state index in [1.807, 2.05) is 224 Å². The van der Waals surface area contributed by atoms with E-state index in [1.54, 1.807) is 4.57 Å². The molecular formula is C109H70F6N10. The van der Waals surface area contributed by atoms with Gasteiger partial charge in [-0.15, -0.1) is 0 Å². The summed E-state index contributed by atoms with van der Waals surface area (Å²) in [7, 11) is 0. The van der Waals surface area contributed by atoms with Crippen molar-refractivity contribution in [2.45, 2.75) is 25.7 Å². The first kappa shape index (κ1) is 76.3. The van der Waals surface area contributed by atoms with Gasteiger partial charge in [-0.05, 0) is 163 Å². The van der Waals surface area contributed by atoms with Crippen molar-refractivity contribution in [3.8, 4) is 124 Å². The van der Waals surface area contributed by atoms with Crippen molar-refractivity contribution in [2.24, 2.45) is 4.99 Å². The summed E-state index contributed by atoms with van der Waals surface area (Å²) in [5.74, 6) is 2.03. The molecule has 1 aliphatic carbocycles. The fraction of sp³-hybridized carbons (Fsp3) is 0.0367. The molecule has 0 fully saturated rings. The fourth-order valence-electron chi connectivity index (χ4n) is 17.2. The zero-order valence-corrected chi connectivity index (χ0v) is 67.0. The van der Waals surface area contributed by atoms with Gasteiger partial charge in [-0.25, -0.2) is 34.9 Å². The Hall–Kier alpha value is -16.1. The molecule has 14 aromatic carbocycles. The van der Waals surface area contributed by atoms with Crippen LogP contribution in [0, 0.1) is 6.92 Å². The van der Waals surface area contributed by atoms with Gasteiger partial charge < -0.3 is 9.13 Å². The summed E-state index contributed by atoms with van der Waals surface area (Å²) in [5.41, 5.74) is 20.5. The molecule has 5 aromatic heterocycles. The first-order valence-electron chi connectivity index (χ1n) is 41.0. The van der Waals surface area contributed by atoms with Crippen molar-refractivity contribution >= 4 is 60.7 Å². The van der Waals surface area contributed by atoms with E-state index in [9.17, 15) is 26.3 Å². The summed E-state index contributed by atoms with van der Waals surface area (Å²) >= 11 is 0. The minimum absolute atomic E-state index is 0.0213. The molecule has 0 spiro atoms. The molecule has 0 saturated carbocycles. The van der Waals surface area contributed by atoms with E-state index in [1.165, 1.54) is 12.1 Å². The van der Waals surface area contributed by atoms with Gasteiger partial charge in [-0.3, -0.25) is 4.90 Å². The number of anilines is 1. The first-order chi connectivity index (χ1) is 61.1. The quantitative estimate of drug-likeness (QED) is 0.0942. The first-order valence-corrected chi connectivity index (χ1v) is 41.0.